The topological polar surface area (TPSA) is 53.7 Å². The van der Waals surface area contributed by atoms with Crippen LogP contribution in [0.15, 0.2) is 48.0 Å². The summed E-state index contributed by atoms with van der Waals surface area (Å²) in [7, 11) is 1.18. The molecule has 36 heavy (non-hydrogen) atoms. The standard InChI is InChI=1S/C27H32FN5OS2/c1-4-16-36(34)32-14-12-19(13-15-32)21-8-11-25-29-23(5-2)26(33(25)17-21)31(3)27-30-24(18-35-27)20-6-9-22(28)10-7-20/h6-11,17-19H,4-5,12-16H2,1-3H3. The zero-order chi connectivity index (χ0) is 25.2. The minimum atomic E-state index is -0.855. The van der Waals surface area contributed by atoms with Crippen LogP contribution in [-0.4, -0.2) is 48.8 Å². The first-order valence-electron chi connectivity index (χ1n) is 12.6. The minimum Gasteiger partial charge on any atom is -0.305 e. The fourth-order valence-corrected chi connectivity index (χ4v) is 6.92. The Morgan fingerprint density at radius 2 is 1.86 bits per heavy atom. The van der Waals surface area contributed by atoms with Crippen molar-refractivity contribution in [2.45, 2.75) is 45.4 Å². The second kappa shape index (κ2) is 10.8. The number of aryl methyl sites for hydroxylation is 1. The van der Waals surface area contributed by atoms with Gasteiger partial charge in [0.15, 0.2) is 5.13 Å². The summed E-state index contributed by atoms with van der Waals surface area (Å²) < 4.78 is 30.1. The van der Waals surface area contributed by atoms with Crippen LogP contribution in [-0.2, 0) is 17.4 Å². The van der Waals surface area contributed by atoms with Gasteiger partial charge < -0.3 is 4.90 Å². The molecule has 1 atom stereocenters. The van der Waals surface area contributed by atoms with Gasteiger partial charge in [0.2, 0.25) is 0 Å². The van der Waals surface area contributed by atoms with E-state index in [1.807, 2.05) is 12.4 Å². The second-order valence-electron chi connectivity index (χ2n) is 9.24. The summed E-state index contributed by atoms with van der Waals surface area (Å²) in [6.45, 7) is 5.95. The zero-order valence-corrected chi connectivity index (χ0v) is 22.6. The van der Waals surface area contributed by atoms with Crippen LogP contribution < -0.4 is 4.90 Å². The van der Waals surface area contributed by atoms with E-state index >= 15 is 0 Å². The molecule has 1 aliphatic heterocycles. The Morgan fingerprint density at radius 3 is 2.56 bits per heavy atom. The number of halogens is 1. The van der Waals surface area contributed by atoms with Gasteiger partial charge in [-0.15, -0.1) is 11.3 Å². The summed E-state index contributed by atoms with van der Waals surface area (Å²) in [5.74, 6) is 1.97. The molecule has 0 spiro atoms. The molecule has 3 aromatic heterocycles. The lowest BCUT2D eigenvalue weighted by molar-refractivity contribution is 0.334. The van der Waals surface area contributed by atoms with Crippen molar-refractivity contribution < 1.29 is 8.60 Å². The lowest BCUT2D eigenvalue weighted by Gasteiger charge is -2.31. The highest BCUT2D eigenvalue weighted by molar-refractivity contribution is 7.82. The smallest absolute Gasteiger partial charge is 0.191 e. The van der Waals surface area contributed by atoms with Gasteiger partial charge in [-0.1, -0.05) is 19.9 Å². The second-order valence-corrected chi connectivity index (χ2v) is 11.6. The number of benzene rings is 1. The minimum absolute atomic E-state index is 0.250. The number of aromatic nitrogens is 3. The summed E-state index contributed by atoms with van der Waals surface area (Å²) >= 11 is 1.57. The van der Waals surface area contributed by atoms with E-state index in [1.165, 1.54) is 17.7 Å². The highest BCUT2D eigenvalue weighted by Gasteiger charge is 2.25. The molecule has 1 saturated heterocycles. The Morgan fingerprint density at radius 1 is 1.11 bits per heavy atom. The number of piperidine rings is 1. The average molecular weight is 526 g/mol. The van der Waals surface area contributed by atoms with Crippen LogP contribution in [0.2, 0.25) is 0 Å². The number of fused-ring (bicyclic) bond motifs is 1. The third-order valence-corrected chi connectivity index (χ3v) is 9.46. The van der Waals surface area contributed by atoms with Crippen LogP contribution >= 0.6 is 11.3 Å². The summed E-state index contributed by atoms with van der Waals surface area (Å²) in [6.07, 6.45) is 6.01. The van der Waals surface area contributed by atoms with Crippen LogP contribution in [0.25, 0.3) is 16.9 Å². The Kier molecular flexibility index (Phi) is 7.50. The van der Waals surface area contributed by atoms with Crippen molar-refractivity contribution in [3.63, 3.8) is 0 Å². The highest BCUT2D eigenvalue weighted by Crippen LogP contribution is 2.35. The Labute approximate surface area is 218 Å². The van der Waals surface area contributed by atoms with Gasteiger partial charge in [-0.25, -0.2) is 22.9 Å². The molecule has 0 bridgehead atoms. The number of imidazole rings is 1. The van der Waals surface area contributed by atoms with E-state index in [9.17, 15) is 8.60 Å². The van der Waals surface area contributed by atoms with Crippen LogP contribution in [0, 0.1) is 5.82 Å². The molecule has 0 amide bonds. The van der Waals surface area contributed by atoms with Crippen LogP contribution in [0.1, 0.15) is 50.3 Å². The van der Waals surface area contributed by atoms with Crippen molar-refractivity contribution in [1.29, 1.82) is 0 Å². The van der Waals surface area contributed by atoms with Gasteiger partial charge in [0.1, 0.15) is 17.3 Å². The van der Waals surface area contributed by atoms with Crippen molar-refractivity contribution in [1.82, 2.24) is 18.7 Å². The maximum absolute atomic E-state index is 13.4. The summed E-state index contributed by atoms with van der Waals surface area (Å²) in [5.41, 5.74) is 4.98. The van der Waals surface area contributed by atoms with Gasteiger partial charge in [-0.3, -0.25) is 4.40 Å². The molecule has 9 heteroatoms. The van der Waals surface area contributed by atoms with E-state index in [1.54, 1.807) is 23.5 Å². The number of nitrogens with zero attached hydrogens (tertiary/aromatic N) is 5. The van der Waals surface area contributed by atoms with Gasteiger partial charge >= 0.3 is 0 Å². The van der Waals surface area contributed by atoms with E-state index < -0.39 is 11.0 Å². The number of thiazole rings is 1. The maximum atomic E-state index is 13.4. The van der Waals surface area contributed by atoms with Crippen molar-refractivity contribution >= 4 is 38.9 Å². The van der Waals surface area contributed by atoms with Gasteiger partial charge in [-0.05, 0) is 67.5 Å². The van der Waals surface area contributed by atoms with E-state index in [-0.39, 0.29) is 5.82 Å². The maximum Gasteiger partial charge on any atom is 0.191 e. The molecule has 4 heterocycles. The number of hydrogen-bond donors (Lipinski definition) is 0. The Bertz CT molecular complexity index is 1360. The predicted molar refractivity (Wildman–Crippen MR) is 147 cm³/mol. The number of pyridine rings is 1. The van der Waals surface area contributed by atoms with Gasteiger partial charge in [0.25, 0.3) is 0 Å². The number of anilines is 2. The Hall–Kier alpha value is -2.62. The highest BCUT2D eigenvalue weighted by atomic mass is 32.2. The van der Waals surface area contributed by atoms with E-state index in [0.717, 1.165) is 78.1 Å². The molecule has 4 aromatic rings. The molecular weight excluding hydrogens is 493 g/mol. The largest absolute Gasteiger partial charge is 0.305 e. The molecule has 1 aromatic carbocycles. The lowest BCUT2D eigenvalue weighted by atomic mass is 9.91. The van der Waals surface area contributed by atoms with Crippen LogP contribution in [0.4, 0.5) is 15.3 Å². The lowest BCUT2D eigenvalue weighted by Crippen LogP contribution is -2.35. The van der Waals surface area contributed by atoms with E-state index in [0.29, 0.717) is 5.92 Å². The predicted octanol–water partition coefficient (Wildman–Crippen LogP) is 6.18. The van der Waals surface area contributed by atoms with Gasteiger partial charge in [0, 0.05) is 43.0 Å². The molecular formula is C27H32FN5OS2. The molecule has 1 fully saturated rings. The molecule has 6 nitrogen and oxygen atoms in total. The van der Waals surface area contributed by atoms with Crippen molar-refractivity contribution in [3.05, 3.63) is 65.0 Å². The average Bonchev–Trinajstić information content (AvgIpc) is 3.54. The number of rotatable bonds is 8. The molecule has 190 valence electrons. The normalized spacial score (nSPS) is 16.0. The fraction of sp³-hybridized carbons (Fsp3) is 0.407. The molecule has 0 N–H and O–H groups in total. The number of hydrogen-bond acceptors (Lipinski definition) is 5. The van der Waals surface area contributed by atoms with Crippen molar-refractivity contribution in [2.24, 2.45) is 0 Å². The fourth-order valence-electron chi connectivity index (χ4n) is 4.89. The first-order valence-corrected chi connectivity index (χ1v) is 14.7. The molecule has 0 aliphatic carbocycles. The molecule has 0 saturated carbocycles. The monoisotopic (exact) mass is 525 g/mol. The summed E-state index contributed by atoms with van der Waals surface area (Å²) in [5, 5.41) is 2.87. The summed E-state index contributed by atoms with van der Waals surface area (Å²) in [4.78, 5) is 11.9. The quantitative estimate of drug-likeness (QED) is 0.276. The third-order valence-electron chi connectivity index (χ3n) is 6.85. The van der Waals surface area contributed by atoms with Gasteiger partial charge in [0.05, 0.1) is 22.4 Å². The first-order chi connectivity index (χ1) is 17.5. The van der Waals surface area contributed by atoms with Crippen LogP contribution in [0.5, 0.6) is 0 Å². The summed E-state index contributed by atoms with van der Waals surface area (Å²) in [6, 6.07) is 10.8. The first kappa shape index (κ1) is 25.0. The van der Waals surface area contributed by atoms with E-state index in [4.69, 9.17) is 9.97 Å². The van der Waals surface area contributed by atoms with E-state index in [2.05, 4.69) is 45.8 Å². The molecule has 1 aliphatic rings. The molecule has 0 radical (unpaired) electrons. The van der Waals surface area contributed by atoms with Crippen LogP contribution in [0.3, 0.4) is 0 Å². The third kappa shape index (κ3) is 4.96. The molecule has 1 unspecified atom stereocenters. The van der Waals surface area contributed by atoms with Gasteiger partial charge in [-0.2, -0.15) is 0 Å². The SMILES string of the molecule is CCCS(=O)N1CCC(c2ccc3nc(CC)c(N(C)c4nc(-c5ccc(F)cc5)cs4)n3c2)CC1. The van der Waals surface area contributed by atoms with Crippen molar-refractivity contribution in [2.75, 3.05) is 30.8 Å². The van der Waals surface area contributed by atoms with Crippen molar-refractivity contribution in [3.8, 4) is 11.3 Å². The zero-order valence-electron chi connectivity index (χ0n) is 21.0. The molecule has 5 rings (SSSR count). The Balaban J connectivity index is 1.42.